The number of aryl methyl sites for hydroxylation is 1. The number of hydrogen-bond acceptors (Lipinski definition) is 4. The molecular formula is C15H8F9N5. The fraction of sp³-hybridized carbons (Fsp3) is 0.267. The number of rotatable bonds is 1. The second-order valence-corrected chi connectivity index (χ2v) is 5.90. The van der Waals surface area contributed by atoms with E-state index < -0.39 is 58.0 Å². The molecule has 0 spiro atoms. The Morgan fingerprint density at radius 3 is 1.97 bits per heavy atom. The number of pyridine rings is 2. The Balaban J connectivity index is 2.35. The maximum Gasteiger partial charge on any atom is 0.433 e. The highest BCUT2D eigenvalue weighted by Gasteiger charge is 2.41. The van der Waals surface area contributed by atoms with Crippen LogP contribution >= 0.6 is 0 Å². The van der Waals surface area contributed by atoms with Crippen molar-refractivity contribution in [1.29, 1.82) is 0 Å². The topological polar surface area (TPSA) is 69.6 Å². The van der Waals surface area contributed by atoms with E-state index in [1.807, 2.05) is 0 Å². The standard InChI is InChI=1S/C15H8F9N5/c1-5-2-6(13(16,17)18)3-9(26-5)29-11(25)10-7(14(19,20)21)4-8(15(22,23)24)27-12(10)28-29/h2-4H,25H2,1H3. The molecule has 0 saturated heterocycles. The van der Waals surface area contributed by atoms with Crippen LogP contribution in [0.4, 0.5) is 45.3 Å². The lowest BCUT2D eigenvalue weighted by atomic mass is 10.1. The monoisotopic (exact) mass is 429 g/mol. The second kappa shape index (κ2) is 6.22. The number of nitrogens with two attached hydrogens (primary N) is 1. The highest BCUT2D eigenvalue weighted by Crippen LogP contribution is 2.41. The number of alkyl halides is 9. The Hall–Kier alpha value is -3.06. The predicted molar refractivity (Wildman–Crippen MR) is 80.8 cm³/mol. The summed E-state index contributed by atoms with van der Waals surface area (Å²) >= 11 is 0. The van der Waals surface area contributed by atoms with Gasteiger partial charge in [0, 0.05) is 5.69 Å². The molecule has 0 unspecified atom stereocenters. The van der Waals surface area contributed by atoms with Gasteiger partial charge >= 0.3 is 18.5 Å². The smallest absolute Gasteiger partial charge is 0.383 e. The minimum atomic E-state index is -5.26. The van der Waals surface area contributed by atoms with Crippen molar-refractivity contribution in [1.82, 2.24) is 19.7 Å². The van der Waals surface area contributed by atoms with Crippen LogP contribution in [0.3, 0.4) is 0 Å². The molecule has 0 aromatic carbocycles. The van der Waals surface area contributed by atoms with Crippen molar-refractivity contribution < 1.29 is 39.5 Å². The molecule has 0 aliphatic rings. The Kier molecular flexibility index (Phi) is 4.43. The molecule has 3 aromatic heterocycles. The normalized spacial score (nSPS) is 13.3. The average molecular weight is 429 g/mol. The molecule has 14 heteroatoms. The van der Waals surface area contributed by atoms with Crippen molar-refractivity contribution in [2.45, 2.75) is 25.5 Å². The number of anilines is 1. The number of aromatic nitrogens is 4. The first-order chi connectivity index (χ1) is 13.1. The lowest BCUT2D eigenvalue weighted by Gasteiger charge is -2.12. The van der Waals surface area contributed by atoms with Crippen molar-refractivity contribution in [3.05, 3.63) is 40.7 Å². The number of hydrogen-bond donors (Lipinski definition) is 1. The van der Waals surface area contributed by atoms with E-state index in [1.54, 1.807) is 0 Å². The first kappa shape index (κ1) is 20.7. The summed E-state index contributed by atoms with van der Waals surface area (Å²) in [6.45, 7) is 1.18. The molecule has 3 rings (SSSR count). The van der Waals surface area contributed by atoms with E-state index in [2.05, 4.69) is 15.1 Å². The fourth-order valence-corrected chi connectivity index (χ4v) is 2.58. The summed E-state index contributed by atoms with van der Waals surface area (Å²) in [5.74, 6) is -1.49. The third-order valence-electron chi connectivity index (χ3n) is 3.76. The summed E-state index contributed by atoms with van der Waals surface area (Å²) in [5, 5.41) is 2.46. The summed E-state index contributed by atoms with van der Waals surface area (Å²) in [7, 11) is 0. The molecule has 156 valence electrons. The highest BCUT2D eigenvalue weighted by molar-refractivity contribution is 5.91. The van der Waals surface area contributed by atoms with Gasteiger partial charge in [0.15, 0.2) is 11.5 Å². The first-order valence-electron chi connectivity index (χ1n) is 7.49. The van der Waals surface area contributed by atoms with E-state index >= 15 is 0 Å². The van der Waals surface area contributed by atoms with Crippen LogP contribution in [-0.4, -0.2) is 19.7 Å². The van der Waals surface area contributed by atoms with Gasteiger partial charge in [0.1, 0.15) is 11.5 Å². The molecule has 0 saturated carbocycles. The third kappa shape index (κ3) is 3.78. The van der Waals surface area contributed by atoms with Gasteiger partial charge < -0.3 is 5.73 Å². The van der Waals surface area contributed by atoms with Gasteiger partial charge in [0.2, 0.25) is 0 Å². The van der Waals surface area contributed by atoms with Crippen LogP contribution in [0.1, 0.15) is 22.5 Å². The van der Waals surface area contributed by atoms with E-state index in [9.17, 15) is 39.5 Å². The number of halogens is 9. The van der Waals surface area contributed by atoms with Gasteiger partial charge in [-0.3, -0.25) is 0 Å². The Morgan fingerprint density at radius 1 is 0.828 bits per heavy atom. The van der Waals surface area contributed by atoms with Crippen molar-refractivity contribution >= 4 is 16.9 Å². The van der Waals surface area contributed by atoms with Crippen LogP contribution in [0, 0.1) is 6.92 Å². The maximum atomic E-state index is 13.3. The average Bonchev–Trinajstić information content (AvgIpc) is 2.88. The SMILES string of the molecule is Cc1cc(C(F)(F)F)cc(-n2nc3nc(C(F)(F)F)cc(C(F)(F)F)c3c2N)n1. The number of nitrogens with zero attached hydrogens (tertiary/aromatic N) is 4. The summed E-state index contributed by atoms with van der Waals surface area (Å²) in [6.07, 6.45) is -15.3. The van der Waals surface area contributed by atoms with Crippen molar-refractivity contribution in [2.24, 2.45) is 0 Å². The molecular weight excluding hydrogens is 421 g/mol. The van der Waals surface area contributed by atoms with Gasteiger partial charge in [-0.15, -0.1) is 5.10 Å². The minimum absolute atomic E-state index is 0.172. The summed E-state index contributed by atoms with van der Waals surface area (Å²) in [5.41, 5.74) is -0.468. The Labute approximate surface area is 155 Å². The molecule has 0 fully saturated rings. The van der Waals surface area contributed by atoms with Crippen molar-refractivity contribution in [3.8, 4) is 5.82 Å². The molecule has 0 aliphatic heterocycles. The third-order valence-corrected chi connectivity index (χ3v) is 3.76. The van der Waals surface area contributed by atoms with Crippen molar-refractivity contribution in [2.75, 3.05) is 5.73 Å². The van der Waals surface area contributed by atoms with Crippen LogP contribution in [0.5, 0.6) is 0 Å². The summed E-state index contributed by atoms with van der Waals surface area (Å²) < 4.78 is 118. The fourth-order valence-electron chi connectivity index (χ4n) is 2.58. The number of fused-ring (bicyclic) bond motifs is 1. The predicted octanol–water partition coefficient (Wildman–Crippen LogP) is 4.76. The Morgan fingerprint density at radius 2 is 1.45 bits per heavy atom. The molecule has 0 bridgehead atoms. The van der Waals surface area contributed by atoms with E-state index in [4.69, 9.17) is 5.73 Å². The van der Waals surface area contributed by atoms with Crippen LogP contribution < -0.4 is 5.73 Å². The van der Waals surface area contributed by atoms with Crippen LogP contribution in [0.15, 0.2) is 18.2 Å². The quantitative estimate of drug-likeness (QED) is 0.567. The Bertz CT molecular complexity index is 1090. The van der Waals surface area contributed by atoms with Gasteiger partial charge in [-0.05, 0) is 25.1 Å². The summed E-state index contributed by atoms with van der Waals surface area (Å²) in [6, 6.07) is 0.882. The molecule has 0 atom stereocenters. The van der Waals surface area contributed by atoms with E-state index in [0.717, 1.165) is 0 Å². The lowest BCUT2D eigenvalue weighted by Crippen LogP contribution is -2.13. The van der Waals surface area contributed by atoms with E-state index in [-0.39, 0.29) is 11.8 Å². The molecule has 0 radical (unpaired) electrons. The van der Waals surface area contributed by atoms with Gasteiger partial charge in [-0.2, -0.15) is 44.2 Å². The molecule has 29 heavy (non-hydrogen) atoms. The molecule has 2 N–H and O–H groups in total. The van der Waals surface area contributed by atoms with E-state index in [0.29, 0.717) is 16.8 Å². The summed E-state index contributed by atoms with van der Waals surface area (Å²) in [4.78, 5) is 6.76. The maximum absolute atomic E-state index is 13.3. The first-order valence-corrected chi connectivity index (χ1v) is 7.49. The number of nitrogen functional groups attached to an aromatic ring is 1. The van der Waals surface area contributed by atoms with Gasteiger partial charge in [0.05, 0.1) is 16.5 Å². The molecule has 0 amide bonds. The molecule has 0 aliphatic carbocycles. The van der Waals surface area contributed by atoms with Crippen LogP contribution in [-0.2, 0) is 18.5 Å². The zero-order valence-electron chi connectivity index (χ0n) is 14.0. The van der Waals surface area contributed by atoms with Crippen molar-refractivity contribution in [3.63, 3.8) is 0 Å². The van der Waals surface area contributed by atoms with E-state index in [1.165, 1.54) is 6.92 Å². The van der Waals surface area contributed by atoms with Gasteiger partial charge in [-0.1, -0.05) is 0 Å². The molecule has 5 nitrogen and oxygen atoms in total. The molecule has 3 aromatic rings. The van der Waals surface area contributed by atoms with Gasteiger partial charge in [0.25, 0.3) is 0 Å². The minimum Gasteiger partial charge on any atom is -0.383 e. The highest BCUT2D eigenvalue weighted by atomic mass is 19.4. The van der Waals surface area contributed by atoms with Crippen LogP contribution in [0.25, 0.3) is 16.9 Å². The second-order valence-electron chi connectivity index (χ2n) is 5.90. The zero-order chi connectivity index (χ0) is 21.9. The van der Waals surface area contributed by atoms with Crippen LogP contribution in [0.2, 0.25) is 0 Å². The molecule has 3 heterocycles. The lowest BCUT2D eigenvalue weighted by molar-refractivity contribution is -0.144. The van der Waals surface area contributed by atoms with Gasteiger partial charge in [-0.25, -0.2) is 9.97 Å². The zero-order valence-corrected chi connectivity index (χ0v) is 14.0. The largest absolute Gasteiger partial charge is 0.433 e.